The molecule has 1 fully saturated rings. The number of Topliss-reactive ketones (excluding diaryl/α,β-unsaturated/α-hetero) is 1. The second-order valence-corrected chi connectivity index (χ2v) is 6.57. The van der Waals surface area contributed by atoms with Gasteiger partial charge in [-0.1, -0.05) is 6.92 Å². The van der Waals surface area contributed by atoms with E-state index in [9.17, 15) is 4.79 Å². The third-order valence-corrected chi connectivity index (χ3v) is 3.75. The molecule has 2 N–H and O–H groups in total. The normalized spacial score (nSPS) is 28.0. The quantitative estimate of drug-likeness (QED) is 0.804. The molecule has 100 valence electrons. The number of hydrogen-bond acceptors (Lipinski definition) is 3. The summed E-state index contributed by atoms with van der Waals surface area (Å²) in [4.78, 5) is 12.2. The fourth-order valence-corrected chi connectivity index (χ4v) is 2.74. The van der Waals surface area contributed by atoms with Crippen LogP contribution in [0.1, 0.15) is 53.9 Å². The van der Waals surface area contributed by atoms with Gasteiger partial charge in [-0.25, -0.2) is 0 Å². The van der Waals surface area contributed by atoms with Crippen molar-refractivity contribution in [1.29, 1.82) is 0 Å². The van der Waals surface area contributed by atoms with E-state index in [0.717, 1.165) is 12.8 Å². The van der Waals surface area contributed by atoms with Crippen LogP contribution in [-0.2, 0) is 9.53 Å². The van der Waals surface area contributed by atoms with Gasteiger partial charge in [-0.05, 0) is 53.0 Å². The third-order valence-electron chi connectivity index (χ3n) is 3.75. The molecule has 1 heterocycles. The molecule has 17 heavy (non-hydrogen) atoms. The molecule has 3 nitrogen and oxygen atoms in total. The highest BCUT2D eigenvalue weighted by atomic mass is 16.5. The predicted molar refractivity (Wildman–Crippen MR) is 69.8 cm³/mol. The molecule has 0 aliphatic carbocycles. The lowest BCUT2D eigenvalue weighted by Gasteiger charge is -2.26. The summed E-state index contributed by atoms with van der Waals surface area (Å²) in [6.45, 7) is 10.9. The van der Waals surface area contributed by atoms with Crippen LogP contribution in [0, 0.1) is 11.8 Å². The molecule has 0 aromatic carbocycles. The fraction of sp³-hybridized carbons (Fsp3) is 0.929. The zero-order valence-corrected chi connectivity index (χ0v) is 11.9. The van der Waals surface area contributed by atoms with Crippen LogP contribution < -0.4 is 5.73 Å². The second-order valence-electron chi connectivity index (χ2n) is 6.57. The van der Waals surface area contributed by atoms with Gasteiger partial charge in [-0.2, -0.15) is 0 Å². The van der Waals surface area contributed by atoms with E-state index in [-0.39, 0.29) is 17.1 Å². The molecule has 0 aromatic rings. The van der Waals surface area contributed by atoms with Gasteiger partial charge in [0.25, 0.3) is 0 Å². The fourth-order valence-electron chi connectivity index (χ4n) is 2.74. The average Bonchev–Trinajstić information content (AvgIpc) is 2.42. The number of ketones is 1. The van der Waals surface area contributed by atoms with E-state index in [1.807, 2.05) is 13.8 Å². The highest BCUT2D eigenvalue weighted by Crippen LogP contribution is 2.42. The van der Waals surface area contributed by atoms with Gasteiger partial charge >= 0.3 is 0 Å². The summed E-state index contributed by atoms with van der Waals surface area (Å²) in [7, 11) is 0. The first-order valence-electron chi connectivity index (χ1n) is 6.61. The number of carbonyl (C=O) groups is 1. The largest absolute Gasteiger partial charge is 0.369 e. The van der Waals surface area contributed by atoms with Gasteiger partial charge in [-0.3, -0.25) is 4.79 Å². The molecule has 0 radical (unpaired) electrons. The second kappa shape index (κ2) is 5.07. The lowest BCUT2D eigenvalue weighted by molar-refractivity contribution is -0.129. The molecule has 2 unspecified atom stereocenters. The van der Waals surface area contributed by atoms with Crippen LogP contribution in [0.2, 0.25) is 0 Å². The highest BCUT2D eigenvalue weighted by Gasteiger charge is 2.48. The van der Waals surface area contributed by atoms with Gasteiger partial charge in [-0.15, -0.1) is 0 Å². The van der Waals surface area contributed by atoms with Gasteiger partial charge in [0.2, 0.25) is 0 Å². The van der Waals surface area contributed by atoms with Crippen LogP contribution in [0.3, 0.4) is 0 Å². The topological polar surface area (TPSA) is 52.3 Å². The van der Waals surface area contributed by atoms with Crippen molar-refractivity contribution in [1.82, 2.24) is 0 Å². The highest BCUT2D eigenvalue weighted by molar-refractivity contribution is 5.82. The molecule has 0 aromatic heterocycles. The number of ether oxygens (including phenoxy) is 1. The molecule has 2 atom stereocenters. The zero-order valence-electron chi connectivity index (χ0n) is 11.9. The third kappa shape index (κ3) is 3.78. The molecule has 1 aliphatic rings. The first kappa shape index (κ1) is 14.7. The minimum absolute atomic E-state index is 0.0301. The summed E-state index contributed by atoms with van der Waals surface area (Å²) in [5.41, 5.74) is 5.07. The average molecular weight is 241 g/mol. The smallest absolute Gasteiger partial charge is 0.138 e. The molecular weight excluding hydrogens is 214 g/mol. The van der Waals surface area contributed by atoms with Gasteiger partial charge in [0.05, 0.1) is 11.2 Å². The maximum absolute atomic E-state index is 12.2. The minimum atomic E-state index is -0.327. The van der Waals surface area contributed by atoms with Gasteiger partial charge < -0.3 is 10.5 Å². The van der Waals surface area contributed by atoms with Crippen molar-refractivity contribution < 1.29 is 9.53 Å². The Morgan fingerprint density at radius 3 is 2.41 bits per heavy atom. The van der Waals surface area contributed by atoms with Crippen LogP contribution in [0.15, 0.2) is 0 Å². The molecule has 1 saturated heterocycles. The molecule has 0 saturated carbocycles. The summed E-state index contributed by atoms with van der Waals surface area (Å²) in [6.07, 6.45) is 2.35. The van der Waals surface area contributed by atoms with Crippen molar-refractivity contribution in [3.05, 3.63) is 0 Å². The van der Waals surface area contributed by atoms with Crippen LogP contribution in [0.4, 0.5) is 0 Å². The van der Waals surface area contributed by atoms with Gasteiger partial charge in [0.1, 0.15) is 5.78 Å². The van der Waals surface area contributed by atoms with E-state index >= 15 is 0 Å². The Morgan fingerprint density at radius 1 is 1.41 bits per heavy atom. The predicted octanol–water partition coefficient (Wildman–Crippen LogP) is 2.52. The van der Waals surface area contributed by atoms with Crippen molar-refractivity contribution in [3.63, 3.8) is 0 Å². The first-order valence-corrected chi connectivity index (χ1v) is 6.61. The van der Waals surface area contributed by atoms with Crippen LogP contribution in [-0.4, -0.2) is 23.5 Å². The number of hydrogen-bond donors (Lipinski definition) is 1. The summed E-state index contributed by atoms with van der Waals surface area (Å²) in [5, 5.41) is 0. The molecule has 0 spiro atoms. The van der Waals surface area contributed by atoms with Crippen molar-refractivity contribution in [2.24, 2.45) is 17.6 Å². The lowest BCUT2D eigenvalue weighted by Crippen LogP contribution is -2.34. The van der Waals surface area contributed by atoms with E-state index in [1.54, 1.807) is 0 Å². The van der Waals surface area contributed by atoms with Crippen LogP contribution in [0.5, 0.6) is 0 Å². The molecular formula is C14H27NO2. The summed E-state index contributed by atoms with van der Waals surface area (Å²) in [5.74, 6) is 0.792. The van der Waals surface area contributed by atoms with Gasteiger partial charge in [0.15, 0.2) is 0 Å². The molecule has 0 amide bonds. The van der Waals surface area contributed by atoms with Crippen LogP contribution >= 0.6 is 0 Å². The maximum Gasteiger partial charge on any atom is 0.138 e. The van der Waals surface area contributed by atoms with Gasteiger partial charge in [0, 0.05) is 12.3 Å². The Bertz CT molecular complexity index is 284. The Morgan fingerprint density at radius 2 is 2.00 bits per heavy atom. The minimum Gasteiger partial charge on any atom is -0.369 e. The SMILES string of the molecule is CC(CN)CCC(=O)C1CC(C)(C)OC1(C)C. The maximum atomic E-state index is 12.2. The Balaban J connectivity index is 2.58. The van der Waals surface area contributed by atoms with Crippen molar-refractivity contribution in [3.8, 4) is 0 Å². The molecule has 1 aliphatic heterocycles. The number of rotatable bonds is 5. The molecule has 0 bridgehead atoms. The van der Waals surface area contributed by atoms with Crippen molar-refractivity contribution >= 4 is 5.78 Å². The lowest BCUT2D eigenvalue weighted by atomic mass is 9.82. The molecule has 3 heteroatoms. The van der Waals surface area contributed by atoms with Crippen LogP contribution in [0.25, 0.3) is 0 Å². The number of carbonyl (C=O) groups excluding carboxylic acids is 1. The Kier molecular flexibility index (Phi) is 4.37. The Hall–Kier alpha value is -0.410. The first-order chi connectivity index (χ1) is 7.68. The summed E-state index contributed by atoms with van der Waals surface area (Å²) < 4.78 is 5.96. The van der Waals surface area contributed by atoms with Crippen molar-refractivity contribution in [2.75, 3.05) is 6.54 Å². The standard InChI is InChI=1S/C14H27NO2/c1-10(9-15)6-7-12(16)11-8-13(2,3)17-14(11,4)5/h10-11H,6-9,15H2,1-5H3. The number of nitrogens with two attached hydrogens (primary N) is 1. The molecule has 1 rings (SSSR count). The Labute approximate surface area is 105 Å². The van der Waals surface area contributed by atoms with E-state index in [0.29, 0.717) is 24.7 Å². The summed E-state index contributed by atoms with van der Waals surface area (Å²) in [6, 6.07) is 0. The monoisotopic (exact) mass is 241 g/mol. The zero-order chi connectivity index (χ0) is 13.3. The van der Waals surface area contributed by atoms with E-state index < -0.39 is 0 Å². The van der Waals surface area contributed by atoms with Crippen molar-refractivity contribution in [2.45, 2.75) is 65.1 Å². The van der Waals surface area contributed by atoms with E-state index in [2.05, 4.69) is 20.8 Å². The van der Waals surface area contributed by atoms with E-state index in [1.165, 1.54) is 0 Å². The summed E-state index contributed by atoms with van der Waals surface area (Å²) >= 11 is 0. The van der Waals surface area contributed by atoms with E-state index in [4.69, 9.17) is 10.5 Å².